The summed E-state index contributed by atoms with van der Waals surface area (Å²) in [5.41, 5.74) is -0.456. The van der Waals surface area contributed by atoms with Gasteiger partial charge in [0.25, 0.3) is 0 Å². The maximum absolute atomic E-state index is 13.8. The van der Waals surface area contributed by atoms with Crippen molar-refractivity contribution in [1.29, 1.82) is 0 Å². The number of hydrogen-bond donors (Lipinski definition) is 2. The van der Waals surface area contributed by atoms with Gasteiger partial charge in [-0.15, -0.1) is 0 Å². The van der Waals surface area contributed by atoms with Crippen LogP contribution in [0.1, 0.15) is 52.4 Å². The van der Waals surface area contributed by atoms with Crippen LogP contribution in [0.2, 0.25) is 0 Å². The second kappa shape index (κ2) is 8.91. The third kappa shape index (κ3) is 3.72. The molecule has 0 unspecified atom stereocenters. The smallest absolute Gasteiger partial charge is 0.246 e. The fourth-order valence-corrected chi connectivity index (χ4v) is 6.77. The van der Waals surface area contributed by atoms with Gasteiger partial charge in [0.05, 0.1) is 24.5 Å². The van der Waals surface area contributed by atoms with E-state index in [1.165, 1.54) is 6.42 Å². The summed E-state index contributed by atoms with van der Waals surface area (Å²) in [7, 11) is 0. The third-order valence-electron chi connectivity index (χ3n) is 8.68. The maximum atomic E-state index is 13.8. The number of fused-ring (bicyclic) bond motifs is 1. The molecule has 1 aromatic rings. The molecule has 4 fully saturated rings. The average Bonchev–Trinajstić information content (AvgIpc) is 3.46. The second-order valence-electron chi connectivity index (χ2n) is 11.0. The molecule has 3 amide bonds. The Morgan fingerprint density at radius 1 is 1.11 bits per heavy atom. The first-order valence-corrected chi connectivity index (χ1v) is 13.5. The van der Waals surface area contributed by atoms with Crippen molar-refractivity contribution in [3.8, 4) is 5.75 Å². The van der Waals surface area contributed by atoms with Crippen LogP contribution < -0.4 is 15.4 Å². The normalized spacial score (nSPS) is 36.6. The third-order valence-corrected chi connectivity index (χ3v) is 8.68. The molecule has 36 heavy (non-hydrogen) atoms. The van der Waals surface area contributed by atoms with Crippen LogP contribution in [0.5, 0.6) is 5.75 Å². The Hall–Kier alpha value is -2.87. The summed E-state index contributed by atoms with van der Waals surface area (Å²) in [5, 5.41) is 6.24. The Morgan fingerprint density at radius 2 is 1.86 bits per heavy atom. The first kappa shape index (κ1) is 23.5. The monoisotopic (exact) mass is 493 g/mol. The van der Waals surface area contributed by atoms with Gasteiger partial charge in [0.15, 0.2) is 0 Å². The van der Waals surface area contributed by atoms with Crippen molar-refractivity contribution in [3.63, 3.8) is 0 Å². The van der Waals surface area contributed by atoms with Gasteiger partial charge in [-0.1, -0.05) is 31.9 Å². The number of carbonyl (C=O) groups excluding carboxylic acids is 3. The minimum absolute atomic E-state index is 0.0443. The van der Waals surface area contributed by atoms with Crippen LogP contribution in [0, 0.1) is 17.8 Å². The van der Waals surface area contributed by atoms with Gasteiger partial charge >= 0.3 is 0 Å². The van der Waals surface area contributed by atoms with E-state index in [1.807, 2.05) is 19.1 Å². The minimum Gasteiger partial charge on any atom is -0.494 e. The van der Waals surface area contributed by atoms with E-state index in [0.717, 1.165) is 37.9 Å². The minimum atomic E-state index is -1.09. The zero-order valence-electron chi connectivity index (χ0n) is 20.9. The predicted molar refractivity (Wildman–Crippen MR) is 133 cm³/mol. The first-order valence-electron chi connectivity index (χ1n) is 13.5. The molecule has 8 heteroatoms. The lowest BCUT2D eigenvalue weighted by Crippen LogP contribution is -2.57. The van der Waals surface area contributed by atoms with Gasteiger partial charge < -0.3 is 25.0 Å². The molecular formula is C28H35N3O5. The summed E-state index contributed by atoms with van der Waals surface area (Å²) in [5.74, 6) is -0.773. The van der Waals surface area contributed by atoms with Crippen LogP contribution in [0.25, 0.3) is 0 Å². The predicted octanol–water partition coefficient (Wildman–Crippen LogP) is 3.03. The number of rotatable bonds is 7. The van der Waals surface area contributed by atoms with Crippen molar-refractivity contribution in [2.45, 2.75) is 82.2 Å². The topological polar surface area (TPSA) is 97.0 Å². The molecule has 2 saturated heterocycles. The van der Waals surface area contributed by atoms with Gasteiger partial charge in [0.1, 0.15) is 17.4 Å². The number of carbonyl (C=O) groups is 3. The molecule has 6 rings (SSSR count). The molecule has 0 aromatic heterocycles. The number of amides is 3. The number of nitrogens with one attached hydrogen (secondary N) is 2. The Morgan fingerprint density at radius 3 is 2.56 bits per heavy atom. The van der Waals surface area contributed by atoms with Crippen molar-refractivity contribution in [2.24, 2.45) is 17.8 Å². The number of benzene rings is 1. The average molecular weight is 494 g/mol. The molecule has 3 aliphatic heterocycles. The van der Waals surface area contributed by atoms with E-state index >= 15 is 0 Å². The van der Waals surface area contributed by atoms with E-state index in [-0.39, 0.29) is 29.8 Å². The Kier molecular flexibility index (Phi) is 5.82. The number of hydrogen-bond acceptors (Lipinski definition) is 5. The SMILES string of the molecule is CCOc1ccc(NC(=O)[C@H]2[C@H]3C=C[C@@]4(O3)[C@H]2C(=O)N(C2CC2)[C@@H]4C(=O)N[C@@H]2CCCC[C@H]2C)cc1. The van der Waals surface area contributed by atoms with Crippen molar-refractivity contribution >= 4 is 23.4 Å². The number of likely N-dealkylation sites (tertiary alicyclic amines) is 1. The van der Waals surface area contributed by atoms with Crippen molar-refractivity contribution in [1.82, 2.24) is 10.2 Å². The molecule has 8 nitrogen and oxygen atoms in total. The first-order chi connectivity index (χ1) is 17.4. The Labute approximate surface area is 211 Å². The number of nitrogens with zero attached hydrogens (tertiary/aromatic N) is 1. The lowest BCUT2D eigenvalue weighted by Gasteiger charge is -2.36. The Bertz CT molecular complexity index is 1080. The fourth-order valence-electron chi connectivity index (χ4n) is 6.77. The van der Waals surface area contributed by atoms with E-state index in [0.29, 0.717) is 18.2 Å². The van der Waals surface area contributed by atoms with Crippen LogP contribution in [0.3, 0.4) is 0 Å². The molecule has 5 aliphatic rings. The molecule has 2 bridgehead atoms. The van der Waals surface area contributed by atoms with Crippen LogP contribution in [0.4, 0.5) is 5.69 Å². The van der Waals surface area contributed by atoms with E-state index in [9.17, 15) is 14.4 Å². The molecule has 2 N–H and O–H groups in total. The lowest BCUT2D eigenvalue weighted by atomic mass is 9.74. The van der Waals surface area contributed by atoms with Crippen molar-refractivity contribution in [3.05, 3.63) is 36.4 Å². The highest BCUT2D eigenvalue weighted by Gasteiger charge is 2.74. The van der Waals surface area contributed by atoms with E-state index in [1.54, 1.807) is 29.2 Å². The lowest BCUT2D eigenvalue weighted by molar-refractivity contribution is -0.142. The molecule has 1 aromatic carbocycles. The quantitative estimate of drug-likeness (QED) is 0.569. The highest BCUT2D eigenvalue weighted by Crippen LogP contribution is 2.57. The summed E-state index contributed by atoms with van der Waals surface area (Å²) in [6, 6.07) is 6.61. The van der Waals surface area contributed by atoms with Gasteiger partial charge in [-0.25, -0.2) is 0 Å². The Balaban J connectivity index is 1.25. The largest absolute Gasteiger partial charge is 0.494 e. The highest BCUT2D eigenvalue weighted by molar-refractivity contribution is 6.03. The van der Waals surface area contributed by atoms with Gasteiger partial charge in [-0.05, 0) is 62.8 Å². The molecule has 192 valence electrons. The van der Waals surface area contributed by atoms with E-state index in [4.69, 9.17) is 9.47 Å². The maximum Gasteiger partial charge on any atom is 0.246 e. The van der Waals surface area contributed by atoms with Gasteiger partial charge in [-0.3, -0.25) is 14.4 Å². The molecule has 0 radical (unpaired) electrons. The van der Waals surface area contributed by atoms with Gasteiger partial charge in [-0.2, -0.15) is 0 Å². The molecule has 2 saturated carbocycles. The summed E-state index contributed by atoms with van der Waals surface area (Å²) < 4.78 is 11.9. The summed E-state index contributed by atoms with van der Waals surface area (Å²) >= 11 is 0. The van der Waals surface area contributed by atoms with Crippen molar-refractivity contribution in [2.75, 3.05) is 11.9 Å². The highest BCUT2D eigenvalue weighted by atomic mass is 16.5. The van der Waals surface area contributed by atoms with Gasteiger partial charge in [0, 0.05) is 17.8 Å². The summed E-state index contributed by atoms with van der Waals surface area (Å²) in [6.07, 6.45) is 9.35. The van der Waals surface area contributed by atoms with Crippen molar-refractivity contribution < 1.29 is 23.9 Å². The molecule has 7 atom stereocenters. The van der Waals surface area contributed by atoms with E-state index in [2.05, 4.69) is 17.6 Å². The molecule has 1 spiro atoms. The van der Waals surface area contributed by atoms with Crippen LogP contribution in [-0.4, -0.2) is 59.1 Å². The number of anilines is 1. The summed E-state index contributed by atoms with van der Waals surface area (Å²) in [6.45, 7) is 4.67. The van der Waals surface area contributed by atoms with Crippen LogP contribution >= 0.6 is 0 Å². The fraction of sp³-hybridized carbons (Fsp3) is 0.607. The second-order valence-corrected chi connectivity index (χ2v) is 11.0. The number of ether oxygens (including phenoxy) is 2. The van der Waals surface area contributed by atoms with Gasteiger partial charge in [0.2, 0.25) is 17.7 Å². The zero-order chi connectivity index (χ0) is 25.0. The molecule has 2 aliphatic carbocycles. The van der Waals surface area contributed by atoms with E-state index < -0.39 is 29.6 Å². The summed E-state index contributed by atoms with van der Waals surface area (Å²) in [4.78, 5) is 42.9. The van der Waals surface area contributed by atoms with Crippen LogP contribution in [0.15, 0.2) is 36.4 Å². The van der Waals surface area contributed by atoms with Crippen LogP contribution in [-0.2, 0) is 19.1 Å². The molecule has 3 heterocycles. The standard InChI is InChI=1S/C28H35N3O5/c1-3-35-19-12-8-17(9-13-19)29-25(32)22-21-14-15-28(36-21)23(22)27(34)31(18-10-11-18)24(28)26(33)30-20-7-5-4-6-16(20)2/h8-9,12-16,18,20-24H,3-7,10-11H2,1-2H3,(H,29,32)(H,30,33)/t16-,20-,21-,22+,23-,24-,28-/m1/s1. The molecular weight excluding hydrogens is 458 g/mol. The zero-order valence-corrected chi connectivity index (χ0v) is 20.9.